The third-order valence-electron chi connectivity index (χ3n) is 2.10. The summed E-state index contributed by atoms with van der Waals surface area (Å²) in [4.78, 5) is 11.8. The molecule has 1 aromatic rings. The maximum Gasteiger partial charge on any atom is 0.238 e. The fourth-order valence-electron chi connectivity index (χ4n) is 1.33. The van der Waals surface area contributed by atoms with Gasteiger partial charge in [-0.1, -0.05) is 25.1 Å². The number of likely N-dealkylation sites (N-methyl/N-ethyl adjacent to an activating group) is 1. The van der Waals surface area contributed by atoms with Crippen molar-refractivity contribution < 1.29 is 7.54 Å². The topological polar surface area (TPSA) is 41.1 Å². The first kappa shape index (κ1) is 8.92. The molecule has 0 heterocycles. The normalized spacial score (nSPS) is 13.0. The number of carbonyl (C=O) groups is 1. The van der Waals surface area contributed by atoms with Crippen LogP contribution in [0.2, 0.25) is 0 Å². The van der Waals surface area contributed by atoms with E-state index in [1.54, 1.807) is 6.92 Å². The number of carbonyl (C=O) groups excluding carboxylic acids is 1. The van der Waals surface area contributed by atoms with E-state index in [0.717, 1.165) is 11.1 Å². The number of benzene rings is 1. The van der Waals surface area contributed by atoms with E-state index >= 15 is 0 Å². The highest BCUT2D eigenvalue weighted by Gasteiger charge is 2.05. The molecule has 0 aliphatic carbocycles. The smallest absolute Gasteiger partial charge is 0.238 e. The molecule has 1 rings (SSSR count). The molecule has 2 N–H and O–H groups in total. The van der Waals surface area contributed by atoms with Crippen LogP contribution >= 0.6 is 0 Å². The van der Waals surface area contributed by atoms with Gasteiger partial charge in [0.1, 0.15) is 0 Å². The van der Waals surface area contributed by atoms with Crippen LogP contribution in [-0.4, -0.2) is 18.9 Å². The van der Waals surface area contributed by atoms with Crippen molar-refractivity contribution in [3.8, 4) is 0 Å². The van der Waals surface area contributed by atoms with Crippen LogP contribution in [0, 0.1) is 13.8 Å². The molecule has 0 fully saturated rings. The van der Waals surface area contributed by atoms with Gasteiger partial charge in [0.15, 0.2) is 0 Å². The van der Waals surface area contributed by atoms with Crippen LogP contribution in [0.1, 0.15) is 20.8 Å². The molecule has 1 aromatic carbocycles. The Morgan fingerprint density at radius 3 is 2.53 bits per heavy atom. The number of rotatable bonds is 4. The average Bonchev–Trinajstić information content (AvgIpc) is 2.23. The number of anilines is 1. The summed E-state index contributed by atoms with van der Waals surface area (Å²) >= 11 is 0. The molecular formula is C12H18N2O. The summed E-state index contributed by atoms with van der Waals surface area (Å²) < 4.78 is 15.1. The average molecular weight is 208 g/mol. The van der Waals surface area contributed by atoms with Crippen molar-refractivity contribution in [3.63, 3.8) is 0 Å². The molecule has 0 aliphatic rings. The quantitative estimate of drug-likeness (QED) is 0.793. The predicted molar refractivity (Wildman–Crippen MR) is 63.1 cm³/mol. The summed E-state index contributed by atoms with van der Waals surface area (Å²) in [5.74, 6) is -0.670. The van der Waals surface area contributed by atoms with Gasteiger partial charge in [0.25, 0.3) is 0 Å². The lowest BCUT2D eigenvalue weighted by Gasteiger charge is -2.11. The van der Waals surface area contributed by atoms with Gasteiger partial charge in [-0.15, -0.1) is 0 Å². The van der Waals surface area contributed by atoms with Crippen LogP contribution in [-0.2, 0) is 4.79 Å². The Hall–Kier alpha value is -1.35. The van der Waals surface area contributed by atoms with Crippen molar-refractivity contribution in [3.05, 3.63) is 29.3 Å². The molecule has 3 heteroatoms. The Bertz CT molecular complexity index is 399. The van der Waals surface area contributed by atoms with Crippen LogP contribution in [0.3, 0.4) is 0 Å². The van der Waals surface area contributed by atoms with Crippen LogP contribution in [0.15, 0.2) is 18.2 Å². The van der Waals surface area contributed by atoms with Gasteiger partial charge >= 0.3 is 0 Å². The summed E-state index contributed by atoms with van der Waals surface area (Å²) in [6.45, 7) is 3.86. The van der Waals surface area contributed by atoms with E-state index < -0.39 is 12.4 Å². The SMILES string of the molecule is [2H]C([2H])(NCC)C(=O)Nc1c(C)cccc1C. The Morgan fingerprint density at radius 1 is 1.40 bits per heavy atom. The highest BCUT2D eigenvalue weighted by Crippen LogP contribution is 2.18. The summed E-state index contributed by atoms with van der Waals surface area (Å²) in [7, 11) is 0. The number of para-hydroxylation sites is 1. The second kappa shape index (κ2) is 5.51. The van der Waals surface area contributed by atoms with E-state index in [4.69, 9.17) is 2.74 Å². The molecule has 1 amide bonds. The largest absolute Gasteiger partial charge is 0.324 e. The lowest BCUT2D eigenvalue weighted by Crippen LogP contribution is -2.28. The zero-order valence-electron chi connectivity index (χ0n) is 11.3. The minimum atomic E-state index is -2.05. The van der Waals surface area contributed by atoms with E-state index in [9.17, 15) is 4.79 Å². The second-order valence-electron chi connectivity index (χ2n) is 3.38. The van der Waals surface area contributed by atoms with Gasteiger partial charge < -0.3 is 10.6 Å². The van der Waals surface area contributed by atoms with Crippen molar-refractivity contribution in [2.45, 2.75) is 20.8 Å². The molecule has 0 aliphatic heterocycles. The first-order valence-corrected chi connectivity index (χ1v) is 5.01. The molecule has 0 aromatic heterocycles. The van der Waals surface area contributed by atoms with Gasteiger partial charge in [-0.05, 0) is 31.5 Å². The van der Waals surface area contributed by atoms with Gasteiger partial charge in [0, 0.05) is 5.69 Å². The highest BCUT2D eigenvalue weighted by molar-refractivity contribution is 5.93. The standard InChI is InChI=1S/C12H18N2O/c1-4-13-8-11(15)14-12-9(2)6-5-7-10(12)3/h5-7,13H,4,8H2,1-3H3,(H,14,15)/i8D2. The maximum atomic E-state index is 11.8. The number of hydrogen-bond donors (Lipinski definition) is 2. The fraction of sp³-hybridized carbons (Fsp3) is 0.417. The van der Waals surface area contributed by atoms with E-state index in [1.807, 2.05) is 32.0 Å². The first-order valence-electron chi connectivity index (χ1n) is 6.01. The van der Waals surface area contributed by atoms with Gasteiger partial charge in [-0.3, -0.25) is 4.79 Å². The summed E-state index contributed by atoms with van der Waals surface area (Å²) in [5, 5.41) is 5.13. The molecule has 0 unspecified atom stereocenters. The van der Waals surface area contributed by atoms with Gasteiger partial charge in [-0.25, -0.2) is 0 Å². The molecular weight excluding hydrogens is 188 g/mol. The van der Waals surface area contributed by atoms with E-state index in [-0.39, 0.29) is 0 Å². The molecule has 0 bridgehead atoms. The monoisotopic (exact) mass is 208 g/mol. The van der Waals surface area contributed by atoms with Crippen molar-refractivity contribution in [1.82, 2.24) is 5.32 Å². The van der Waals surface area contributed by atoms with Crippen molar-refractivity contribution in [2.75, 3.05) is 18.4 Å². The Labute approximate surface area is 93.7 Å². The molecule has 3 nitrogen and oxygen atoms in total. The van der Waals surface area contributed by atoms with Crippen LogP contribution in [0.25, 0.3) is 0 Å². The first-order chi connectivity index (χ1) is 7.88. The van der Waals surface area contributed by atoms with Gasteiger partial charge in [0.2, 0.25) is 5.91 Å². The summed E-state index contributed by atoms with van der Waals surface area (Å²) in [6, 6.07) is 5.66. The van der Waals surface area contributed by atoms with Crippen LogP contribution < -0.4 is 10.6 Å². The van der Waals surface area contributed by atoms with Crippen LogP contribution in [0.4, 0.5) is 5.69 Å². The van der Waals surface area contributed by atoms with Crippen molar-refractivity contribution >= 4 is 11.6 Å². The van der Waals surface area contributed by atoms with E-state index in [1.165, 1.54) is 0 Å². The minimum absolute atomic E-state index is 0.396. The maximum absolute atomic E-state index is 11.8. The van der Waals surface area contributed by atoms with Gasteiger partial charge in [0.05, 0.1) is 9.24 Å². The summed E-state index contributed by atoms with van der Waals surface area (Å²) in [5.41, 5.74) is 2.52. The number of nitrogens with one attached hydrogen (secondary N) is 2. The molecule has 82 valence electrons. The molecule has 0 radical (unpaired) electrons. The Kier molecular flexibility index (Phi) is 3.28. The lowest BCUT2D eigenvalue weighted by molar-refractivity contribution is -0.115. The van der Waals surface area contributed by atoms with Crippen LogP contribution in [0.5, 0.6) is 0 Å². The summed E-state index contributed by atoms with van der Waals surface area (Å²) in [6.07, 6.45) is 0. The zero-order valence-corrected chi connectivity index (χ0v) is 9.35. The lowest BCUT2D eigenvalue weighted by atomic mass is 10.1. The third-order valence-corrected chi connectivity index (χ3v) is 2.10. The molecule has 0 spiro atoms. The van der Waals surface area contributed by atoms with E-state index in [0.29, 0.717) is 12.2 Å². The molecule has 15 heavy (non-hydrogen) atoms. The Balaban J connectivity index is 2.88. The van der Waals surface area contributed by atoms with E-state index in [2.05, 4.69) is 10.6 Å². The second-order valence-corrected chi connectivity index (χ2v) is 3.38. The molecule has 0 saturated heterocycles. The van der Waals surface area contributed by atoms with Gasteiger partial charge in [-0.2, -0.15) is 0 Å². The number of hydrogen-bond acceptors (Lipinski definition) is 2. The fourth-order valence-corrected chi connectivity index (χ4v) is 1.33. The highest BCUT2D eigenvalue weighted by atomic mass is 16.1. The minimum Gasteiger partial charge on any atom is -0.324 e. The Morgan fingerprint density at radius 2 is 2.00 bits per heavy atom. The zero-order chi connectivity index (χ0) is 13.1. The molecule has 0 saturated carbocycles. The number of aryl methyl sites for hydroxylation is 2. The van der Waals surface area contributed by atoms with Crippen molar-refractivity contribution in [1.29, 1.82) is 0 Å². The van der Waals surface area contributed by atoms with Crippen molar-refractivity contribution in [2.24, 2.45) is 0 Å². The third kappa shape index (κ3) is 3.36. The predicted octanol–water partition coefficient (Wildman–Crippen LogP) is 1.85. The molecule has 0 atom stereocenters. The number of amides is 1.